The number of aromatic amines is 1. The number of aromatic nitrogens is 3. The standard InChI is InChI=1S/C22H14N4O3/c27-20-19-23-8-9-25(19)17-10-16-12(4-3-7-13(16)18(17)24-20)11-26-21(28)14-5-1-2-6-15(14)22(26)29/h1-9H,10-11H2,(H,24,27). The van der Waals surface area contributed by atoms with Crippen LogP contribution in [0.1, 0.15) is 37.5 Å². The summed E-state index contributed by atoms with van der Waals surface area (Å²) in [5.74, 6) is -0.548. The van der Waals surface area contributed by atoms with Crippen molar-refractivity contribution in [3.8, 4) is 11.3 Å². The van der Waals surface area contributed by atoms with Crippen molar-refractivity contribution in [3.05, 3.63) is 93.2 Å². The maximum Gasteiger partial charge on any atom is 0.292 e. The van der Waals surface area contributed by atoms with Crippen LogP contribution in [0.5, 0.6) is 0 Å². The lowest BCUT2D eigenvalue weighted by Gasteiger charge is -2.16. The largest absolute Gasteiger partial charge is 0.317 e. The Morgan fingerprint density at radius 1 is 0.931 bits per heavy atom. The smallest absolute Gasteiger partial charge is 0.292 e. The maximum absolute atomic E-state index is 12.8. The Kier molecular flexibility index (Phi) is 3.04. The number of amides is 2. The van der Waals surface area contributed by atoms with Gasteiger partial charge in [0.1, 0.15) is 0 Å². The molecule has 1 N–H and O–H groups in total. The van der Waals surface area contributed by atoms with Gasteiger partial charge >= 0.3 is 0 Å². The lowest BCUT2D eigenvalue weighted by atomic mass is 10.0. The summed E-state index contributed by atoms with van der Waals surface area (Å²) in [4.78, 5) is 46.2. The highest BCUT2D eigenvalue weighted by atomic mass is 16.2. The van der Waals surface area contributed by atoms with Gasteiger partial charge in [-0.05, 0) is 23.3 Å². The van der Waals surface area contributed by atoms with Crippen molar-refractivity contribution in [1.29, 1.82) is 0 Å². The first-order valence-electron chi connectivity index (χ1n) is 9.28. The number of carbonyl (C=O) groups is 2. The van der Waals surface area contributed by atoms with E-state index in [4.69, 9.17) is 0 Å². The van der Waals surface area contributed by atoms with Crippen LogP contribution in [0.25, 0.3) is 16.9 Å². The lowest BCUT2D eigenvalue weighted by Crippen LogP contribution is -2.29. The predicted octanol–water partition coefficient (Wildman–Crippen LogP) is 2.39. The van der Waals surface area contributed by atoms with Crippen molar-refractivity contribution < 1.29 is 9.59 Å². The van der Waals surface area contributed by atoms with Crippen molar-refractivity contribution in [3.63, 3.8) is 0 Å². The molecule has 0 atom stereocenters. The summed E-state index contributed by atoms with van der Waals surface area (Å²) in [6.45, 7) is 0.195. The third kappa shape index (κ3) is 2.07. The van der Waals surface area contributed by atoms with E-state index in [2.05, 4.69) is 9.97 Å². The molecule has 0 bridgehead atoms. The first-order valence-corrected chi connectivity index (χ1v) is 9.28. The van der Waals surface area contributed by atoms with E-state index in [9.17, 15) is 14.4 Å². The van der Waals surface area contributed by atoms with E-state index >= 15 is 0 Å². The summed E-state index contributed by atoms with van der Waals surface area (Å²) < 4.78 is 1.81. The summed E-state index contributed by atoms with van der Waals surface area (Å²) >= 11 is 0. The molecule has 2 aromatic carbocycles. The molecule has 1 aliphatic heterocycles. The van der Waals surface area contributed by atoms with Gasteiger partial charge in [-0.3, -0.25) is 23.7 Å². The number of rotatable bonds is 2. The van der Waals surface area contributed by atoms with Crippen LogP contribution in [-0.2, 0) is 13.0 Å². The zero-order chi connectivity index (χ0) is 19.7. The number of benzene rings is 2. The highest BCUT2D eigenvalue weighted by Crippen LogP contribution is 2.37. The Bertz CT molecular complexity index is 1390. The van der Waals surface area contributed by atoms with E-state index in [0.717, 1.165) is 28.1 Å². The van der Waals surface area contributed by atoms with E-state index in [0.29, 0.717) is 23.2 Å². The number of H-pyrrole nitrogens is 1. The normalized spacial score (nSPS) is 14.4. The van der Waals surface area contributed by atoms with Crippen LogP contribution in [-0.4, -0.2) is 31.1 Å². The van der Waals surface area contributed by atoms with Gasteiger partial charge in [-0.25, -0.2) is 4.98 Å². The third-order valence-corrected chi connectivity index (χ3v) is 5.75. The van der Waals surface area contributed by atoms with E-state index < -0.39 is 0 Å². The summed E-state index contributed by atoms with van der Waals surface area (Å²) in [6.07, 6.45) is 3.97. The molecule has 2 amide bonds. The van der Waals surface area contributed by atoms with E-state index in [1.807, 2.05) is 18.2 Å². The highest BCUT2D eigenvalue weighted by Gasteiger charge is 2.36. The first-order chi connectivity index (χ1) is 14.1. The van der Waals surface area contributed by atoms with Crippen molar-refractivity contribution >= 4 is 17.5 Å². The van der Waals surface area contributed by atoms with Gasteiger partial charge in [-0.1, -0.05) is 30.3 Å². The van der Waals surface area contributed by atoms with Crippen molar-refractivity contribution in [2.75, 3.05) is 0 Å². The van der Waals surface area contributed by atoms with Crippen molar-refractivity contribution in [1.82, 2.24) is 19.3 Å². The van der Waals surface area contributed by atoms with Crippen LogP contribution in [0.3, 0.4) is 0 Å². The minimum absolute atomic E-state index is 0.195. The third-order valence-electron chi connectivity index (χ3n) is 5.75. The molecule has 7 heteroatoms. The lowest BCUT2D eigenvalue weighted by molar-refractivity contribution is 0.0642. The number of hydrogen-bond donors (Lipinski definition) is 1. The molecule has 0 radical (unpaired) electrons. The minimum atomic E-state index is -0.274. The van der Waals surface area contributed by atoms with Gasteiger partial charge < -0.3 is 4.98 Å². The molecule has 6 rings (SSSR count). The molecule has 0 unspecified atom stereocenters. The van der Waals surface area contributed by atoms with Crippen LogP contribution in [0.4, 0.5) is 0 Å². The Morgan fingerprint density at radius 2 is 1.66 bits per heavy atom. The van der Waals surface area contributed by atoms with Crippen LogP contribution >= 0.6 is 0 Å². The Balaban J connectivity index is 1.44. The molecule has 0 saturated heterocycles. The van der Waals surface area contributed by atoms with Gasteiger partial charge in [0.15, 0.2) is 0 Å². The van der Waals surface area contributed by atoms with Crippen molar-refractivity contribution in [2.45, 2.75) is 13.0 Å². The second-order valence-corrected chi connectivity index (χ2v) is 7.26. The summed E-state index contributed by atoms with van der Waals surface area (Å²) in [7, 11) is 0. The number of fused-ring (bicyclic) bond motifs is 6. The number of imide groups is 1. The summed E-state index contributed by atoms with van der Waals surface area (Å²) in [5.41, 5.74) is 5.53. The summed E-state index contributed by atoms with van der Waals surface area (Å²) in [5, 5.41) is 0. The molecular weight excluding hydrogens is 368 g/mol. The summed E-state index contributed by atoms with van der Waals surface area (Å²) in [6, 6.07) is 12.7. The fourth-order valence-electron chi connectivity index (χ4n) is 4.39. The van der Waals surface area contributed by atoms with E-state index in [-0.39, 0.29) is 23.9 Å². The number of imidazole rings is 1. The second-order valence-electron chi connectivity index (χ2n) is 7.26. The fraction of sp³-hybridized carbons (Fsp3) is 0.0909. The molecular formula is C22H14N4O3. The monoisotopic (exact) mass is 382 g/mol. The molecule has 1 aliphatic carbocycles. The maximum atomic E-state index is 12.8. The van der Waals surface area contributed by atoms with Crippen LogP contribution in [0.2, 0.25) is 0 Å². The topological polar surface area (TPSA) is 87.5 Å². The quantitative estimate of drug-likeness (QED) is 0.475. The zero-order valence-electron chi connectivity index (χ0n) is 15.2. The van der Waals surface area contributed by atoms with Gasteiger partial charge in [0.05, 0.1) is 29.1 Å². The molecule has 140 valence electrons. The average molecular weight is 382 g/mol. The molecule has 0 saturated carbocycles. The molecule has 4 aromatic rings. The minimum Gasteiger partial charge on any atom is -0.317 e. The number of carbonyl (C=O) groups excluding carboxylic acids is 2. The molecule has 2 aliphatic rings. The molecule has 3 heterocycles. The molecule has 29 heavy (non-hydrogen) atoms. The van der Waals surface area contributed by atoms with Gasteiger partial charge in [0.25, 0.3) is 17.4 Å². The van der Waals surface area contributed by atoms with Crippen LogP contribution in [0, 0.1) is 0 Å². The zero-order valence-corrected chi connectivity index (χ0v) is 15.2. The first kappa shape index (κ1) is 16.0. The van der Waals surface area contributed by atoms with Gasteiger partial charge in [0.2, 0.25) is 5.65 Å². The fourth-order valence-corrected chi connectivity index (χ4v) is 4.39. The number of hydrogen-bond acceptors (Lipinski definition) is 4. The number of nitrogens with one attached hydrogen (secondary N) is 1. The van der Waals surface area contributed by atoms with E-state index in [1.165, 1.54) is 4.90 Å². The Morgan fingerprint density at radius 3 is 2.41 bits per heavy atom. The molecule has 0 fully saturated rings. The Hall–Kier alpha value is -4.00. The van der Waals surface area contributed by atoms with Gasteiger partial charge in [-0.15, -0.1) is 0 Å². The SMILES string of the molecule is O=C1c2ccccc2C(=O)N1Cc1cccc2c1Cc1c-2[nH]c(=O)c2nccn12. The molecule has 0 spiro atoms. The van der Waals surface area contributed by atoms with Crippen LogP contribution in [0.15, 0.2) is 59.7 Å². The van der Waals surface area contributed by atoms with Gasteiger partial charge in [0, 0.05) is 24.4 Å². The highest BCUT2D eigenvalue weighted by molar-refractivity contribution is 6.21. The molecule has 7 nitrogen and oxygen atoms in total. The van der Waals surface area contributed by atoms with Crippen LogP contribution < -0.4 is 5.56 Å². The average Bonchev–Trinajstić information content (AvgIpc) is 3.42. The van der Waals surface area contributed by atoms with E-state index in [1.54, 1.807) is 41.1 Å². The molecule has 2 aromatic heterocycles. The Labute approximate surface area is 164 Å². The number of nitrogens with zero attached hydrogens (tertiary/aromatic N) is 3. The predicted molar refractivity (Wildman–Crippen MR) is 105 cm³/mol. The van der Waals surface area contributed by atoms with Crippen molar-refractivity contribution in [2.24, 2.45) is 0 Å². The van der Waals surface area contributed by atoms with Gasteiger partial charge in [-0.2, -0.15) is 0 Å². The second kappa shape index (κ2) is 5.51.